The molecule has 0 spiro atoms. The number of nitrogen functional groups attached to an aromatic ring is 1. The molecule has 0 bridgehead atoms. The van der Waals surface area contributed by atoms with Crippen LogP contribution in [0.4, 0.5) is 5.82 Å². The van der Waals surface area contributed by atoms with Crippen molar-refractivity contribution in [3.8, 4) is 0 Å². The van der Waals surface area contributed by atoms with Gasteiger partial charge in [0.2, 0.25) is 0 Å². The van der Waals surface area contributed by atoms with Gasteiger partial charge in [-0.05, 0) is 6.92 Å². The number of rotatable bonds is 5. The van der Waals surface area contributed by atoms with Crippen LogP contribution in [0.2, 0.25) is 0 Å². The first-order chi connectivity index (χ1) is 9.07. The summed E-state index contributed by atoms with van der Waals surface area (Å²) in [7, 11) is -2.91. The molecule has 0 saturated carbocycles. The number of aromatic nitrogens is 4. The van der Waals surface area contributed by atoms with E-state index in [1.807, 2.05) is 6.92 Å². The Hall–Kier alpha value is -1.54. The predicted molar refractivity (Wildman–Crippen MR) is 64.9 cm³/mol. The molecule has 3 rings (SSSR count). The minimum absolute atomic E-state index is 0.0576. The predicted octanol–water partition coefficient (Wildman–Crippen LogP) is 0.926. The lowest BCUT2D eigenvalue weighted by Crippen LogP contribution is -2.16. The third-order valence-corrected chi connectivity index (χ3v) is 3.59. The van der Waals surface area contributed by atoms with Crippen LogP contribution in [0.1, 0.15) is 6.92 Å². The average Bonchev–Trinajstić information content (AvgIpc) is 2.98. The summed E-state index contributed by atoms with van der Waals surface area (Å²) in [6, 6.07) is 0. The highest BCUT2D eigenvalue weighted by Crippen LogP contribution is 2.64. The standard InChI is InChI=1S/C9H12N5O4P/c1-6(16-5-19(15)17-18-19)2-14-4-13-7-8(10)11-3-12-9(7)14/h3-4,6H,2,5H2,1H3,(H2,10,11,12)/t6-/m1/s1. The Kier molecular flexibility index (Phi) is 2.98. The van der Waals surface area contributed by atoms with Gasteiger partial charge in [-0.3, -0.25) is 4.57 Å². The van der Waals surface area contributed by atoms with E-state index < -0.39 is 7.60 Å². The third kappa shape index (κ3) is 2.59. The number of hydrogen-bond acceptors (Lipinski definition) is 8. The molecule has 0 radical (unpaired) electrons. The van der Waals surface area contributed by atoms with Gasteiger partial charge in [-0.25, -0.2) is 15.0 Å². The Bertz CT molecular complexity index is 651. The Morgan fingerprint density at radius 2 is 2.26 bits per heavy atom. The van der Waals surface area contributed by atoms with Crippen molar-refractivity contribution in [3.05, 3.63) is 12.7 Å². The molecule has 1 saturated heterocycles. The first-order valence-electron chi connectivity index (χ1n) is 5.57. The molecule has 0 amide bonds. The van der Waals surface area contributed by atoms with E-state index in [0.29, 0.717) is 23.5 Å². The quantitative estimate of drug-likeness (QED) is 0.489. The number of ether oxygens (including phenoxy) is 1. The van der Waals surface area contributed by atoms with Gasteiger partial charge in [-0.15, -0.1) is 9.35 Å². The van der Waals surface area contributed by atoms with E-state index in [2.05, 4.69) is 24.3 Å². The second-order valence-corrected chi connectivity index (χ2v) is 5.97. The van der Waals surface area contributed by atoms with Gasteiger partial charge in [0.25, 0.3) is 0 Å². The fourth-order valence-corrected chi connectivity index (χ4v) is 2.48. The minimum atomic E-state index is -2.91. The molecule has 0 unspecified atom stereocenters. The zero-order valence-corrected chi connectivity index (χ0v) is 11.0. The molecular formula is C9H12N5O4P. The lowest BCUT2D eigenvalue weighted by atomic mass is 10.4. The molecule has 102 valence electrons. The normalized spacial score (nSPS) is 18.6. The van der Waals surface area contributed by atoms with Crippen molar-refractivity contribution in [2.75, 3.05) is 12.1 Å². The SMILES string of the molecule is C[C@H](Cn1cnc2c(N)ncnc21)OCP1(=O)OO1. The zero-order valence-electron chi connectivity index (χ0n) is 10.1. The Labute approximate surface area is 108 Å². The van der Waals surface area contributed by atoms with Crippen LogP contribution in [0, 0.1) is 0 Å². The highest BCUT2D eigenvalue weighted by molar-refractivity contribution is 7.57. The first kappa shape index (κ1) is 12.5. The van der Waals surface area contributed by atoms with Crippen LogP contribution in [0.25, 0.3) is 11.2 Å². The van der Waals surface area contributed by atoms with E-state index in [1.54, 1.807) is 10.9 Å². The molecule has 2 aromatic rings. The smallest absolute Gasteiger partial charge is 0.382 e. The monoisotopic (exact) mass is 285 g/mol. The summed E-state index contributed by atoms with van der Waals surface area (Å²) < 4.78 is 27.1. The van der Waals surface area contributed by atoms with Gasteiger partial charge in [-0.2, -0.15) is 0 Å². The number of anilines is 1. The molecule has 1 fully saturated rings. The van der Waals surface area contributed by atoms with Crippen LogP contribution in [-0.4, -0.2) is 32.0 Å². The summed E-state index contributed by atoms with van der Waals surface area (Å²) in [5, 5.41) is 0. The number of hydrogen-bond donors (Lipinski definition) is 1. The van der Waals surface area contributed by atoms with E-state index in [9.17, 15) is 4.57 Å². The molecule has 1 aliphatic heterocycles. The van der Waals surface area contributed by atoms with Crippen molar-refractivity contribution in [2.24, 2.45) is 0 Å². The van der Waals surface area contributed by atoms with Gasteiger partial charge in [0.1, 0.15) is 11.8 Å². The van der Waals surface area contributed by atoms with Crippen molar-refractivity contribution >= 4 is 24.6 Å². The molecule has 2 N–H and O–H groups in total. The van der Waals surface area contributed by atoms with Gasteiger partial charge in [-0.1, -0.05) is 0 Å². The van der Waals surface area contributed by atoms with E-state index in [4.69, 9.17) is 10.5 Å². The number of imidazole rings is 1. The lowest BCUT2D eigenvalue weighted by Gasteiger charge is -2.12. The van der Waals surface area contributed by atoms with E-state index in [-0.39, 0.29) is 12.5 Å². The second-order valence-electron chi connectivity index (χ2n) is 4.19. The number of nitrogens with zero attached hydrogens (tertiary/aromatic N) is 4. The summed E-state index contributed by atoms with van der Waals surface area (Å²) >= 11 is 0. The van der Waals surface area contributed by atoms with Crippen LogP contribution in [0.15, 0.2) is 12.7 Å². The Morgan fingerprint density at radius 1 is 1.47 bits per heavy atom. The topological polar surface area (TPSA) is 121 Å². The van der Waals surface area contributed by atoms with E-state index in [1.165, 1.54) is 6.33 Å². The largest absolute Gasteiger partial charge is 0.410 e. The molecule has 9 nitrogen and oxygen atoms in total. The molecule has 1 aliphatic rings. The molecule has 0 aliphatic carbocycles. The van der Waals surface area contributed by atoms with Gasteiger partial charge < -0.3 is 15.0 Å². The van der Waals surface area contributed by atoms with Gasteiger partial charge >= 0.3 is 7.60 Å². The Morgan fingerprint density at radius 3 is 3.00 bits per heavy atom. The second kappa shape index (κ2) is 4.53. The van der Waals surface area contributed by atoms with Crippen LogP contribution >= 0.6 is 7.60 Å². The van der Waals surface area contributed by atoms with Crippen molar-refractivity contribution in [3.63, 3.8) is 0 Å². The molecule has 10 heteroatoms. The first-order valence-corrected chi connectivity index (χ1v) is 7.30. The van der Waals surface area contributed by atoms with Crippen molar-refractivity contribution in [2.45, 2.75) is 19.6 Å². The maximum Gasteiger partial charge on any atom is 0.410 e. The fourth-order valence-electron chi connectivity index (χ4n) is 1.66. The summed E-state index contributed by atoms with van der Waals surface area (Å²) in [5.74, 6) is 0.335. The van der Waals surface area contributed by atoms with Crippen LogP contribution in [0.5, 0.6) is 0 Å². The molecule has 19 heavy (non-hydrogen) atoms. The maximum atomic E-state index is 11.3. The summed E-state index contributed by atoms with van der Waals surface area (Å²) in [5.41, 5.74) is 6.88. The van der Waals surface area contributed by atoms with E-state index in [0.717, 1.165) is 0 Å². The molecule has 3 heterocycles. The molecule has 2 aromatic heterocycles. The van der Waals surface area contributed by atoms with Gasteiger partial charge in [0.05, 0.1) is 19.0 Å². The van der Waals surface area contributed by atoms with Crippen LogP contribution in [-0.2, 0) is 25.2 Å². The molecular weight excluding hydrogens is 273 g/mol. The van der Waals surface area contributed by atoms with Gasteiger partial charge in [0, 0.05) is 0 Å². The average molecular weight is 285 g/mol. The van der Waals surface area contributed by atoms with Crippen LogP contribution in [0.3, 0.4) is 0 Å². The lowest BCUT2D eigenvalue weighted by molar-refractivity contribution is 0.0850. The van der Waals surface area contributed by atoms with Crippen molar-refractivity contribution in [1.29, 1.82) is 0 Å². The fraction of sp³-hybridized carbons (Fsp3) is 0.444. The summed E-state index contributed by atoms with van der Waals surface area (Å²) in [6.45, 7) is 2.33. The zero-order chi connectivity index (χ0) is 13.5. The van der Waals surface area contributed by atoms with Gasteiger partial charge in [0.15, 0.2) is 17.8 Å². The number of fused-ring (bicyclic) bond motifs is 1. The molecule has 0 aromatic carbocycles. The molecule has 1 atom stereocenters. The highest BCUT2D eigenvalue weighted by Gasteiger charge is 2.43. The maximum absolute atomic E-state index is 11.3. The van der Waals surface area contributed by atoms with Crippen molar-refractivity contribution in [1.82, 2.24) is 19.5 Å². The third-order valence-electron chi connectivity index (χ3n) is 2.64. The Balaban J connectivity index is 1.70. The van der Waals surface area contributed by atoms with Crippen molar-refractivity contribution < 1.29 is 18.7 Å². The van der Waals surface area contributed by atoms with Crippen LogP contribution < -0.4 is 5.73 Å². The van der Waals surface area contributed by atoms with E-state index >= 15 is 0 Å². The summed E-state index contributed by atoms with van der Waals surface area (Å²) in [6.07, 6.45) is 2.73. The number of nitrogens with two attached hydrogens (primary N) is 1. The minimum Gasteiger partial charge on any atom is -0.382 e. The summed E-state index contributed by atoms with van der Waals surface area (Å²) in [4.78, 5) is 12.1. The highest BCUT2D eigenvalue weighted by atomic mass is 31.2.